The molecule has 0 amide bonds. The van der Waals surface area contributed by atoms with E-state index in [4.69, 9.17) is 16.5 Å². The first-order valence-electron chi connectivity index (χ1n) is 19.8. The van der Waals surface area contributed by atoms with Gasteiger partial charge in [-0.25, -0.2) is 14.8 Å². The van der Waals surface area contributed by atoms with Crippen molar-refractivity contribution in [3.05, 3.63) is 217 Å². The molecular weight excluding hydrogens is 745 g/mol. The molecule has 2 heterocycles. The average molecular weight is 777 g/mol. The van der Waals surface area contributed by atoms with Gasteiger partial charge in [-0.05, 0) is 82.9 Å². The van der Waals surface area contributed by atoms with Gasteiger partial charge >= 0.3 is 0 Å². The Morgan fingerprint density at radius 3 is 1.66 bits per heavy atom. The maximum atomic E-state index is 9.84. The van der Waals surface area contributed by atoms with Gasteiger partial charge in [0.15, 0.2) is 11.5 Å². The van der Waals surface area contributed by atoms with Crippen LogP contribution in [-0.4, -0.2) is 14.5 Å². The van der Waals surface area contributed by atoms with E-state index in [9.17, 15) is 10.5 Å². The van der Waals surface area contributed by atoms with E-state index in [0.29, 0.717) is 22.6 Å². The number of rotatable bonds is 7. The fraction of sp³-hybridized carbons (Fsp3) is 0. The maximum absolute atomic E-state index is 9.84. The van der Waals surface area contributed by atoms with Crippen molar-refractivity contribution in [3.8, 4) is 85.1 Å². The molecule has 0 unspecified atom stereocenters. The smallest absolute Gasteiger partial charge is 0.187 e. The van der Waals surface area contributed by atoms with E-state index in [0.717, 1.165) is 89.0 Å². The zero-order valence-corrected chi connectivity index (χ0v) is 32.7. The number of hydrogen-bond acceptors (Lipinski definition) is 4. The second-order valence-electron chi connectivity index (χ2n) is 14.7. The van der Waals surface area contributed by atoms with Crippen LogP contribution in [0.2, 0.25) is 0 Å². The van der Waals surface area contributed by atoms with Crippen molar-refractivity contribution in [3.63, 3.8) is 0 Å². The summed E-state index contributed by atoms with van der Waals surface area (Å²) in [6.45, 7) is 7.73. The summed E-state index contributed by atoms with van der Waals surface area (Å²) in [6.07, 6.45) is 0. The normalized spacial score (nSPS) is 10.9. The molecule has 0 spiro atoms. The van der Waals surface area contributed by atoms with E-state index < -0.39 is 0 Å². The molecule has 6 nitrogen and oxygen atoms in total. The predicted octanol–water partition coefficient (Wildman–Crippen LogP) is 13.9. The van der Waals surface area contributed by atoms with Crippen molar-refractivity contribution in [1.82, 2.24) is 14.5 Å². The van der Waals surface area contributed by atoms with E-state index in [1.807, 2.05) is 121 Å². The molecule has 0 atom stereocenters. The maximum Gasteiger partial charge on any atom is 0.187 e. The Balaban J connectivity index is 1.31. The van der Waals surface area contributed by atoms with Crippen LogP contribution >= 0.6 is 0 Å². The number of hydrogen-bond donors (Lipinski definition) is 0. The third kappa shape index (κ3) is 6.75. The SMILES string of the molecule is [C-]#[N+]c1ccc(-c2cc(-c3cc(-c4ccccc4)nc(-c4ccccc4)n3)cc(-c3ccc(C#N)cc3)c2-n2c3ccccc3c3cc(-c4cccc(C#N)c4)ccc32)cc1. The number of fused-ring (bicyclic) bond motifs is 3. The van der Waals surface area contributed by atoms with Crippen LogP contribution < -0.4 is 0 Å². The van der Waals surface area contributed by atoms with Crippen LogP contribution in [0.5, 0.6) is 0 Å². The fourth-order valence-electron chi connectivity index (χ4n) is 8.13. The minimum atomic E-state index is 0.550. The van der Waals surface area contributed by atoms with E-state index in [-0.39, 0.29) is 0 Å². The lowest BCUT2D eigenvalue weighted by Crippen LogP contribution is -2.03. The summed E-state index contributed by atoms with van der Waals surface area (Å²) in [5.41, 5.74) is 14.7. The summed E-state index contributed by atoms with van der Waals surface area (Å²) >= 11 is 0. The fourth-order valence-corrected chi connectivity index (χ4v) is 8.13. The van der Waals surface area contributed by atoms with Crippen LogP contribution in [-0.2, 0) is 0 Å². The number of para-hydroxylation sites is 1. The van der Waals surface area contributed by atoms with Gasteiger partial charge in [-0.2, -0.15) is 10.5 Å². The lowest BCUT2D eigenvalue weighted by molar-refractivity contribution is 1.17. The van der Waals surface area contributed by atoms with E-state index in [1.165, 1.54) is 0 Å². The second-order valence-corrected chi connectivity index (χ2v) is 14.7. The van der Waals surface area contributed by atoms with Crippen molar-refractivity contribution >= 4 is 27.5 Å². The molecule has 10 aromatic rings. The molecule has 0 bridgehead atoms. The Bertz CT molecular complexity index is 3280. The zero-order valence-electron chi connectivity index (χ0n) is 32.7. The molecule has 0 saturated heterocycles. The van der Waals surface area contributed by atoms with E-state index >= 15 is 0 Å². The highest BCUT2D eigenvalue weighted by atomic mass is 15.0. The summed E-state index contributed by atoms with van der Waals surface area (Å²) in [6, 6.07) is 69.3. The first-order valence-corrected chi connectivity index (χ1v) is 19.8. The molecule has 8 aromatic carbocycles. The number of benzene rings is 8. The first kappa shape index (κ1) is 36.5. The van der Waals surface area contributed by atoms with Gasteiger partial charge in [-0.3, -0.25) is 0 Å². The van der Waals surface area contributed by atoms with Gasteiger partial charge in [0, 0.05) is 38.6 Å². The first-order chi connectivity index (χ1) is 30.1. The zero-order chi connectivity index (χ0) is 41.3. The van der Waals surface area contributed by atoms with Gasteiger partial charge in [0.2, 0.25) is 0 Å². The van der Waals surface area contributed by atoms with Crippen molar-refractivity contribution in [2.75, 3.05) is 0 Å². The molecule has 0 saturated carbocycles. The summed E-state index contributed by atoms with van der Waals surface area (Å²) in [5, 5.41) is 21.7. The Morgan fingerprint density at radius 1 is 0.426 bits per heavy atom. The minimum Gasteiger partial charge on any atom is -0.308 e. The highest BCUT2D eigenvalue weighted by molar-refractivity contribution is 6.12. The van der Waals surface area contributed by atoms with Gasteiger partial charge in [-0.15, -0.1) is 0 Å². The Labute approximate surface area is 353 Å². The van der Waals surface area contributed by atoms with Gasteiger partial charge in [0.25, 0.3) is 0 Å². The van der Waals surface area contributed by atoms with Crippen LogP contribution in [0.3, 0.4) is 0 Å². The number of aromatic nitrogens is 3. The molecule has 0 aliphatic carbocycles. The van der Waals surface area contributed by atoms with Gasteiger partial charge in [0.05, 0.1) is 57.9 Å². The molecule has 0 radical (unpaired) electrons. The Kier molecular flexibility index (Phi) is 9.24. The quantitative estimate of drug-likeness (QED) is 0.151. The second kappa shape index (κ2) is 15.5. The molecule has 0 N–H and O–H groups in total. The van der Waals surface area contributed by atoms with E-state index in [2.05, 4.69) is 94.3 Å². The molecule has 0 aliphatic heterocycles. The van der Waals surface area contributed by atoms with Crippen molar-refractivity contribution in [2.45, 2.75) is 0 Å². The minimum absolute atomic E-state index is 0.550. The molecule has 282 valence electrons. The third-order valence-electron chi connectivity index (χ3n) is 11.1. The molecule has 0 aliphatic rings. The number of nitrogens with zero attached hydrogens (tertiary/aromatic N) is 6. The topological polar surface area (TPSA) is 82.7 Å². The summed E-state index contributed by atoms with van der Waals surface area (Å²) in [4.78, 5) is 14.0. The van der Waals surface area contributed by atoms with Gasteiger partial charge < -0.3 is 4.57 Å². The Morgan fingerprint density at radius 2 is 0.984 bits per heavy atom. The van der Waals surface area contributed by atoms with Crippen molar-refractivity contribution in [1.29, 1.82) is 10.5 Å². The van der Waals surface area contributed by atoms with Crippen molar-refractivity contribution in [2.24, 2.45) is 0 Å². The average Bonchev–Trinajstić information content (AvgIpc) is 3.67. The van der Waals surface area contributed by atoms with Crippen LogP contribution in [0.1, 0.15) is 11.1 Å². The highest BCUT2D eigenvalue weighted by Gasteiger charge is 2.23. The molecule has 0 fully saturated rings. The summed E-state index contributed by atoms with van der Waals surface area (Å²) < 4.78 is 2.33. The predicted molar refractivity (Wildman–Crippen MR) is 245 cm³/mol. The van der Waals surface area contributed by atoms with Gasteiger partial charge in [0.1, 0.15) is 0 Å². The molecule has 61 heavy (non-hydrogen) atoms. The van der Waals surface area contributed by atoms with Crippen LogP contribution in [0.15, 0.2) is 194 Å². The van der Waals surface area contributed by atoms with Crippen LogP contribution in [0, 0.1) is 29.2 Å². The monoisotopic (exact) mass is 776 g/mol. The lowest BCUT2D eigenvalue weighted by atomic mass is 9.91. The number of nitriles is 2. The molecule has 2 aromatic heterocycles. The van der Waals surface area contributed by atoms with Gasteiger partial charge in [-0.1, -0.05) is 133 Å². The lowest BCUT2D eigenvalue weighted by Gasteiger charge is -2.21. The molecule has 6 heteroatoms. The summed E-state index contributed by atoms with van der Waals surface area (Å²) in [5.74, 6) is 0.613. The molecule has 10 rings (SSSR count). The standard InChI is InChI=1S/C55H32N6/c1-58-45-26-23-39(24-27-45)48-32-44(51-33-50(40-12-4-2-5-13-40)59-55(60-51)41-14-6-3-7-15-41)31-47(38-21-19-36(34-56)20-22-38)54(48)61-52-18-9-8-17-46(52)49-30-43(25-28-53(49)61)42-16-10-11-37(29-42)35-57/h2-33H. The van der Waals surface area contributed by atoms with Crippen molar-refractivity contribution < 1.29 is 0 Å². The highest BCUT2D eigenvalue weighted by Crippen LogP contribution is 2.45. The summed E-state index contributed by atoms with van der Waals surface area (Å²) in [7, 11) is 0. The van der Waals surface area contributed by atoms with Crippen LogP contribution in [0.4, 0.5) is 5.69 Å². The largest absolute Gasteiger partial charge is 0.308 e. The molecular formula is C55H32N6. The van der Waals surface area contributed by atoms with Crippen LogP contribution in [0.25, 0.3) is 99.6 Å². The Hall–Kier alpha value is -8.89. The van der Waals surface area contributed by atoms with E-state index in [1.54, 1.807) is 0 Å². The third-order valence-corrected chi connectivity index (χ3v) is 11.1.